The zero-order chi connectivity index (χ0) is 14.3. The molecule has 0 aromatic carbocycles. The number of hydrogen-bond donors (Lipinski definition) is 1. The minimum Gasteiger partial charge on any atom is -0.370 e. The van der Waals surface area contributed by atoms with Crippen LogP contribution in [0.15, 0.2) is 22.6 Å². The molecule has 0 radical (unpaired) electrons. The Kier molecular flexibility index (Phi) is 3.48. The molecule has 0 amide bonds. The van der Waals surface area contributed by atoms with E-state index >= 15 is 0 Å². The molecule has 0 aliphatic carbocycles. The summed E-state index contributed by atoms with van der Waals surface area (Å²) in [6, 6.07) is 0. The van der Waals surface area contributed by atoms with Crippen molar-refractivity contribution >= 4 is 33.3 Å². The lowest BCUT2D eigenvalue weighted by Crippen LogP contribution is -2.31. The van der Waals surface area contributed by atoms with Crippen molar-refractivity contribution in [1.82, 2.24) is 9.97 Å². The summed E-state index contributed by atoms with van der Waals surface area (Å²) in [5.41, 5.74) is 0.844. The molecule has 4 nitrogen and oxygen atoms in total. The quantitative estimate of drug-likeness (QED) is 0.538. The molecule has 0 fully saturated rings. The summed E-state index contributed by atoms with van der Waals surface area (Å²) in [5.74, 6) is 0.732. The first kappa shape index (κ1) is 13.9. The van der Waals surface area contributed by atoms with Crippen molar-refractivity contribution in [2.45, 2.75) is 37.6 Å². The molecule has 0 spiro atoms. The van der Waals surface area contributed by atoms with E-state index in [4.69, 9.17) is 4.74 Å². The van der Waals surface area contributed by atoms with Crippen LogP contribution in [-0.4, -0.2) is 21.3 Å². The molecule has 1 aliphatic rings. The minimum absolute atomic E-state index is 0.0447. The van der Waals surface area contributed by atoms with Gasteiger partial charge in [0.25, 0.3) is 5.56 Å². The fraction of sp³-hybridized carbons (Fsp3) is 0.429. The van der Waals surface area contributed by atoms with Gasteiger partial charge in [0.1, 0.15) is 4.83 Å². The number of aromatic amines is 1. The van der Waals surface area contributed by atoms with Crippen LogP contribution in [0.3, 0.4) is 0 Å². The van der Waals surface area contributed by atoms with Gasteiger partial charge in [-0.2, -0.15) is 0 Å². The predicted molar refractivity (Wildman–Crippen MR) is 83.7 cm³/mol. The summed E-state index contributed by atoms with van der Waals surface area (Å²) in [5, 5.41) is 1.39. The summed E-state index contributed by atoms with van der Waals surface area (Å²) in [6.07, 6.45) is 2.55. The fourth-order valence-electron chi connectivity index (χ4n) is 2.34. The Morgan fingerprint density at radius 3 is 3.15 bits per heavy atom. The Balaban J connectivity index is 2.12. The maximum absolute atomic E-state index is 12.3. The van der Waals surface area contributed by atoms with Crippen LogP contribution >= 0.6 is 23.1 Å². The van der Waals surface area contributed by atoms with Crippen LogP contribution in [0.2, 0.25) is 0 Å². The van der Waals surface area contributed by atoms with Crippen molar-refractivity contribution in [2.24, 2.45) is 0 Å². The van der Waals surface area contributed by atoms with Gasteiger partial charge in [0, 0.05) is 17.1 Å². The van der Waals surface area contributed by atoms with Gasteiger partial charge in [0.2, 0.25) is 0 Å². The molecular formula is C14H16N2O2S2. The van der Waals surface area contributed by atoms with Gasteiger partial charge in [-0.15, -0.1) is 17.9 Å². The number of thioether (sulfide) groups is 1. The smallest absolute Gasteiger partial charge is 0.260 e. The van der Waals surface area contributed by atoms with Gasteiger partial charge in [-0.25, -0.2) is 4.98 Å². The van der Waals surface area contributed by atoms with E-state index in [0.29, 0.717) is 11.8 Å². The number of nitrogens with zero attached hydrogens (tertiary/aromatic N) is 1. The van der Waals surface area contributed by atoms with E-state index in [1.807, 2.05) is 0 Å². The van der Waals surface area contributed by atoms with E-state index in [1.54, 1.807) is 17.4 Å². The third-order valence-electron chi connectivity index (χ3n) is 3.26. The zero-order valence-electron chi connectivity index (χ0n) is 11.5. The van der Waals surface area contributed by atoms with Gasteiger partial charge < -0.3 is 9.72 Å². The highest BCUT2D eigenvalue weighted by molar-refractivity contribution is 7.99. The highest BCUT2D eigenvalue weighted by atomic mass is 32.2. The molecular weight excluding hydrogens is 292 g/mol. The highest BCUT2D eigenvalue weighted by Crippen LogP contribution is 2.37. The van der Waals surface area contributed by atoms with Crippen LogP contribution in [0.25, 0.3) is 10.2 Å². The lowest BCUT2D eigenvalue weighted by molar-refractivity contribution is -0.0379. The standard InChI is InChI=1S/C14H16N2O2S2/c1-4-5-19-13-15-11(17)10-8-6-14(2,3)18-7-9(8)20-12(10)16-13/h4H,1,5-7H2,2-3H3,(H,15,16,17). The van der Waals surface area contributed by atoms with E-state index in [0.717, 1.165) is 32.8 Å². The average Bonchev–Trinajstić information content (AvgIpc) is 2.73. The topological polar surface area (TPSA) is 55.0 Å². The average molecular weight is 308 g/mol. The van der Waals surface area contributed by atoms with Crippen LogP contribution in [0.5, 0.6) is 0 Å². The molecule has 2 aromatic heterocycles. The van der Waals surface area contributed by atoms with E-state index < -0.39 is 0 Å². The molecule has 0 saturated carbocycles. The van der Waals surface area contributed by atoms with Crippen molar-refractivity contribution in [2.75, 3.05) is 5.75 Å². The summed E-state index contributed by atoms with van der Waals surface area (Å²) in [7, 11) is 0. The molecule has 3 rings (SSSR count). The van der Waals surface area contributed by atoms with Gasteiger partial charge in [0.15, 0.2) is 5.16 Å². The van der Waals surface area contributed by atoms with Crippen molar-refractivity contribution < 1.29 is 4.74 Å². The van der Waals surface area contributed by atoms with Crippen molar-refractivity contribution in [3.63, 3.8) is 0 Å². The lowest BCUT2D eigenvalue weighted by Gasteiger charge is -2.29. The molecule has 106 valence electrons. The van der Waals surface area contributed by atoms with Crippen LogP contribution in [-0.2, 0) is 17.8 Å². The number of hydrogen-bond acceptors (Lipinski definition) is 5. The second kappa shape index (κ2) is 5.02. The number of fused-ring (bicyclic) bond motifs is 3. The van der Waals surface area contributed by atoms with Crippen LogP contribution in [0.4, 0.5) is 0 Å². The Bertz CT molecular complexity index is 731. The maximum atomic E-state index is 12.3. The third kappa shape index (κ3) is 2.43. The zero-order valence-corrected chi connectivity index (χ0v) is 13.1. The van der Waals surface area contributed by atoms with Gasteiger partial charge in [-0.05, 0) is 19.4 Å². The van der Waals surface area contributed by atoms with E-state index in [9.17, 15) is 4.79 Å². The monoisotopic (exact) mass is 308 g/mol. The van der Waals surface area contributed by atoms with E-state index in [1.165, 1.54) is 11.8 Å². The number of aromatic nitrogens is 2. The molecule has 0 atom stereocenters. The van der Waals surface area contributed by atoms with E-state index in [-0.39, 0.29) is 11.2 Å². The molecule has 1 N–H and O–H groups in total. The molecule has 6 heteroatoms. The Morgan fingerprint density at radius 2 is 2.40 bits per heavy atom. The number of nitrogens with one attached hydrogen (secondary N) is 1. The summed E-state index contributed by atoms with van der Waals surface area (Å²) in [4.78, 5) is 21.7. The highest BCUT2D eigenvalue weighted by Gasteiger charge is 2.30. The minimum atomic E-state index is -0.219. The van der Waals surface area contributed by atoms with Gasteiger partial charge >= 0.3 is 0 Å². The van der Waals surface area contributed by atoms with Gasteiger partial charge in [-0.1, -0.05) is 17.8 Å². The normalized spacial score (nSPS) is 17.1. The number of ether oxygens (including phenoxy) is 1. The largest absolute Gasteiger partial charge is 0.370 e. The van der Waals surface area contributed by atoms with Crippen LogP contribution in [0.1, 0.15) is 24.3 Å². The first-order valence-corrected chi connectivity index (χ1v) is 8.22. The van der Waals surface area contributed by atoms with Crippen LogP contribution in [0, 0.1) is 0 Å². The Labute approximate surface area is 125 Å². The second-order valence-corrected chi connectivity index (χ2v) is 7.47. The second-order valence-electron chi connectivity index (χ2n) is 5.38. The molecule has 0 bridgehead atoms. The lowest BCUT2D eigenvalue weighted by atomic mass is 9.94. The van der Waals surface area contributed by atoms with Crippen molar-refractivity contribution in [3.8, 4) is 0 Å². The molecule has 1 aliphatic heterocycles. The Hall–Kier alpha value is -1.11. The third-order valence-corrected chi connectivity index (χ3v) is 5.23. The van der Waals surface area contributed by atoms with Gasteiger partial charge in [-0.3, -0.25) is 4.79 Å². The molecule has 2 aromatic rings. The SMILES string of the molecule is C=CCSc1nc2sc3c(c2c(=O)[nH]1)CC(C)(C)OC3. The van der Waals surface area contributed by atoms with Crippen molar-refractivity contribution in [1.29, 1.82) is 0 Å². The first-order chi connectivity index (χ1) is 9.50. The molecule has 0 unspecified atom stereocenters. The van der Waals surface area contributed by atoms with Crippen LogP contribution < -0.4 is 5.56 Å². The Morgan fingerprint density at radius 1 is 1.60 bits per heavy atom. The fourth-order valence-corrected chi connectivity index (χ4v) is 4.10. The summed E-state index contributed by atoms with van der Waals surface area (Å²) in [6.45, 7) is 8.34. The van der Waals surface area contributed by atoms with E-state index in [2.05, 4.69) is 30.4 Å². The molecule has 20 heavy (non-hydrogen) atoms. The maximum Gasteiger partial charge on any atom is 0.260 e. The number of thiophene rings is 1. The van der Waals surface area contributed by atoms with Gasteiger partial charge in [0.05, 0.1) is 17.6 Å². The predicted octanol–water partition coefficient (Wildman–Crippen LogP) is 3.11. The summed E-state index contributed by atoms with van der Waals surface area (Å²) >= 11 is 3.05. The molecule has 0 saturated heterocycles. The number of rotatable bonds is 3. The van der Waals surface area contributed by atoms with Crippen molar-refractivity contribution in [3.05, 3.63) is 33.4 Å². The summed E-state index contributed by atoms with van der Waals surface area (Å²) < 4.78 is 5.81. The number of H-pyrrole nitrogens is 1. The molecule has 3 heterocycles. The first-order valence-electron chi connectivity index (χ1n) is 6.42.